The van der Waals surface area contributed by atoms with Crippen LogP contribution < -0.4 is 0 Å². The average molecular weight is 218 g/mol. The Balaban J connectivity index is 2.31. The second-order valence-electron chi connectivity index (χ2n) is 5.77. The second-order valence-corrected chi connectivity index (χ2v) is 5.77. The summed E-state index contributed by atoms with van der Waals surface area (Å²) < 4.78 is 0. The Kier molecular flexibility index (Phi) is 3.05. The molecule has 88 valence electrons. The van der Waals surface area contributed by atoms with Crippen molar-refractivity contribution >= 4 is 5.78 Å². The summed E-state index contributed by atoms with van der Waals surface area (Å²) in [5, 5.41) is 0. The molecule has 0 aliphatic heterocycles. The highest BCUT2D eigenvalue weighted by atomic mass is 16.1. The van der Waals surface area contributed by atoms with Crippen LogP contribution in [0.1, 0.15) is 40.0 Å². The topological polar surface area (TPSA) is 17.1 Å². The second kappa shape index (κ2) is 4.20. The lowest BCUT2D eigenvalue weighted by atomic mass is 9.62. The molecule has 0 aromatic carbocycles. The maximum absolute atomic E-state index is 11.8. The van der Waals surface area contributed by atoms with Gasteiger partial charge in [-0.05, 0) is 49.0 Å². The number of fused-ring (bicyclic) bond motifs is 1. The predicted octanol–water partition coefficient (Wildman–Crippen LogP) is 3.76. The number of hydrogen-bond acceptors (Lipinski definition) is 1. The Labute approximate surface area is 98.6 Å². The zero-order chi connectivity index (χ0) is 11.9. The van der Waals surface area contributed by atoms with Crippen molar-refractivity contribution < 1.29 is 4.79 Å². The summed E-state index contributed by atoms with van der Waals surface area (Å²) in [6.07, 6.45) is 5.29. The minimum Gasteiger partial charge on any atom is -0.295 e. The fourth-order valence-electron chi connectivity index (χ4n) is 3.34. The van der Waals surface area contributed by atoms with Crippen molar-refractivity contribution in [3.63, 3.8) is 0 Å². The number of ketones is 1. The van der Waals surface area contributed by atoms with Gasteiger partial charge in [0.25, 0.3) is 0 Å². The fourth-order valence-corrected chi connectivity index (χ4v) is 3.34. The zero-order valence-corrected chi connectivity index (χ0v) is 10.6. The van der Waals surface area contributed by atoms with E-state index in [0.717, 1.165) is 17.9 Å². The monoisotopic (exact) mass is 218 g/mol. The van der Waals surface area contributed by atoms with Crippen LogP contribution in [0.25, 0.3) is 0 Å². The molecule has 0 aromatic rings. The van der Waals surface area contributed by atoms with Crippen molar-refractivity contribution in [1.82, 2.24) is 0 Å². The number of Topliss-reactive ketones (excluding diaryl/α,β-unsaturated/α-hetero) is 1. The first-order valence-corrected chi connectivity index (χ1v) is 6.40. The molecule has 0 spiro atoms. The lowest BCUT2D eigenvalue weighted by Gasteiger charge is -2.42. The predicted molar refractivity (Wildman–Crippen MR) is 67.1 cm³/mol. The van der Waals surface area contributed by atoms with Crippen LogP contribution in [0.3, 0.4) is 0 Å². The molecule has 1 heteroatoms. The summed E-state index contributed by atoms with van der Waals surface area (Å²) >= 11 is 0. The molecule has 3 atom stereocenters. The number of rotatable bonds is 1. The SMILES string of the molecule is C=C1CC[C@H](C(C)C)[C@H]2C=C(C)C(=O)C[C@H]12. The molecule has 0 bridgehead atoms. The molecule has 1 fully saturated rings. The largest absolute Gasteiger partial charge is 0.295 e. The molecule has 2 rings (SSSR count). The van der Waals surface area contributed by atoms with Crippen LogP contribution in [0.5, 0.6) is 0 Å². The molecule has 2 aliphatic rings. The van der Waals surface area contributed by atoms with Gasteiger partial charge in [0.2, 0.25) is 0 Å². The van der Waals surface area contributed by atoms with Crippen LogP contribution in [0.4, 0.5) is 0 Å². The van der Waals surface area contributed by atoms with E-state index < -0.39 is 0 Å². The fraction of sp³-hybridized carbons (Fsp3) is 0.667. The molecular formula is C15H22O. The van der Waals surface area contributed by atoms with Crippen molar-refractivity contribution in [2.45, 2.75) is 40.0 Å². The maximum Gasteiger partial charge on any atom is 0.158 e. The smallest absolute Gasteiger partial charge is 0.158 e. The third-order valence-electron chi connectivity index (χ3n) is 4.43. The summed E-state index contributed by atoms with van der Waals surface area (Å²) in [6, 6.07) is 0. The van der Waals surface area contributed by atoms with Gasteiger partial charge in [0.05, 0.1) is 0 Å². The van der Waals surface area contributed by atoms with Gasteiger partial charge >= 0.3 is 0 Å². The van der Waals surface area contributed by atoms with Gasteiger partial charge in [-0.1, -0.05) is 32.1 Å². The quantitative estimate of drug-likeness (QED) is 0.612. The van der Waals surface area contributed by atoms with E-state index in [9.17, 15) is 4.79 Å². The molecule has 0 saturated heterocycles. The van der Waals surface area contributed by atoms with Crippen LogP contribution >= 0.6 is 0 Å². The summed E-state index contributed by atoms with van der Waals surface area (Å²) in [6.45, 7) is 10.7. The summed E-state index contributed by atoms with van der Waals surface area (Å²) in [7, 11) is 0. The molecule has 0 amide bonds. The number of carbonyl (C=O) groups excluding carboxylic acids is 1. The van der Waals surface area contributed by atoms with Gasteiger partial charge in [0, 0.05) is 6.42 Å². The molecule has 1 saturated carbocycles. The first-order valence-electron chi connectivity index (χ1n) is 6.40. The Morgan fingerprint density at radius 1 is 1.44 bits per heavy atom. The van der Waals surface area contributed by atoms with Gasteiger partial charge in [-0.25, -0.2) is 0 Å². The molecule has 0 N–H and O–H groups in total. The van der Waals surface area contributed by atoms with E-state index in [1.54, 1.807) is 0 Å². The Morgan fingerprint density at radius 2 is 2.12 bits per heavy atom. The molecular weight excluding hydrogens is 196 g/mol. The molecule has 0 heterocycles. The third-order valence-corrected chi connectivity index (χ3v) is 4.43. The average Bonchev–Trinajstić information content (AvgIpc) is 2.21. The lowest BCUT2D eigenvalue weighted by molar-refractivity contribution is -0.117. The summed E-state index contributed by atoms with van der Waals surface area (Å²) in [5.41, 5.74) is 2.28. The van der Waals surface area contributed by atoms with Gasteiger partial charge < -0.3 is 0 Å². The molecule has 1 nitrogen and oxygen atoms in total. The molecule has 0 radical (unpaired) electrons. The van der Waals surface area contributed by atoms with E-state index in [0.29, 0.717) is 30.0 Å². The summed E-state index contributed by atoms with van der Waals surface area (Å²) in [4.78, 5) is 11.8. The normalized spacial score (nSPS) is 35.0. The van der Waals surface area contributed by atoms with Crippen molar-refractivity contribution in [1.29, 1.82) is 0 Å². The van der Waals surface area contributed by atoms with Crippen LogP contribution in [0, 0.1) is 23.7 Å². The van der Waals surface area contributed by atoms with Crippen molar-refractivity contribution in [2.24, 2.45) is 23.7 Å². The van der Waals surface area contributed by atoms with E-state index in [-0.39, 0.29) is 0 Å². The number of hydrogen-bond donors (Lipinski definition) is 0. The lowest BCUT2D eigenvalue weighted by Crippen LogP contribution is -2.35. The Morgan fingerprint density at radius 3 is 2.75 bits per heavy atom. The Hall–Kier alpha value is -0.850. The molecule has 2 aliphatic carbocycles. The molecule has 0 unspecified atom stereocenters. The third kappa shape index (κ3) is 1.88. The Bertz CT molecular complexity index is 348. The zero-order valence-electron chi connectivity index (χ0n) is 10.6. The minimum absolute atomic E-state index is 0.326. The first-order chi connectivity index (χ1) is 7.50. The highest BCUT2D eigenvalue weighted by molar-refractivity contribution is 5.96. The molecule has 0 aromatic heterocycles. The first kappa shape index (κ1) is 11.6. The van der Waals surface area contributed by atoms with Crippen LogP contribution in [0.15, 0.2) is 23.8 Å². The highest BCUT2D eigenvalue weighted by Crippen LogP contribution is 2.46. The number of allylic oxidation sites excluding steroid dienone is 3. The van der Waals surface area contributed by atoms with Crippen LogP contribution in [-0.2, 0) is 4.79 Å². The van der Waals surface area contributed by atoms with Crippen molar-refractivity contribution in [3.05, 3.63) is 23.8 Å². The van der Waals surface area contributed by atoms with E-state index in [1.807, 2.05) is 6.92 Å². The van der Waals surface area contributed by atoms with E-state index in [2.05, 4.69) is 26.5 Å². The van der Waals surface area contributed by atoms with E-state index in [1.165, 1.54) is 12.0 Å². The minimum atomic E-state index is 0.326. The van der Waals surface area contributed by atoms with Crippen molar-refractivity contribution in [2.75, 3.05) is 0 Å². The van der Waals surface area contributed by atoms with Crippen molar-refractivity contribution in [3.8, 4) is 0 Å². The van der Waals surface area contributed by atoms with Gasteiger partial charge in [0.1, 0.15) is 0 Å². The molecule has 16 heavy (non-hydrogen) atoms. The summed E-state index contributed by atoms with van der Waals surface area (Å²) in [5.74, 6) is 2.76. The maximum atomic E-state index is 11.8. The van der Waals surface area contributed by atoms with E-state index in [4.69, 9.17) is 0 Å². The van der Waals surface area contributed by atoms with Crippen LogP contribution in [-0.4, -0.2) is 5.78 Å². The standard InChI is InChI=1S/C15H22O/c1-9(2)12-6-5-10(3)13-8-15(16)11(4)7-14(12)13/h7,9,12-14H,3,5-6,8H2,1-2,4H3/t12-,13-,14-/m1/s1. The van der Waals surface area contributed by atoms with Gasteiger partial charge in [-0.15, -0.1) is 0 Å². The van der Waals surface area contributed by atoms with Crippen LogP contribution in [0.2, 0.25) is 0 Å². The van der Waals surface area contributed by atoms with Gasteiger partial charge in [-0.3, -0.25) is 4.79 Å². The van der Waals surface area contributed by atoms with Gasteiger partial charge in [0.15, 0.2) is 5.78 Å². The van der Waals surface area contributed by atoms with Gasteiger partial charge in [-0.2, -0.15) is 0 Å². The van der Waals surface area contributed by atoms with E-state index >= 15 is 0 Å². The number of carbonyl (C=O) groups is 1. The highest BCUT2D eigenvalue weighted by Gasteiger charge is 2.39.